The standard InChI is InChI=1S/C11H16BrNO/c12-7-1-2-8-13-9-10-3-5-11(14)6-4-10/h3-6,13-14H,1-2,7-9H2. The van der Waals surface area contributed by atoms with Gasteiger partial charge in [-0.05, 0) is 37.1 Å². The van der Waals surface area contributed by atoms with Gasteiger partial charge in [-0.2, -0.15) is 0 Å². The van der Waals surface area contributed by atoms with Gasteiger partial charge in [0.05, 0.1) is 0 Å². The van der Waals surface area contributed by atoms with Gasteiger partial charge in [-0.1, -0.05) is 28.1 Å². The van der Waals surface area contributed by atoms with E-state index in [4.69, 9.17) is 5.11 Å². The summed E-state index contributed by atoms with van der Waals surface area (Å²) in [5, 5.41) is 13.5. The number of hydrogen-bond acceptors (Lipinski definition) is 2. The molecule has 1 rings (SSSR count). The van der Waals surface area contributed by atoms with Gasteiger partial charge in [-0.25, -0.2) is 0 Å². The molecule has 14 heavy (non-hydrogen) atoms. The van der Waals surface area contributed by atoms with E-state index in [1.165, 1.54) is 18.4 Å². The number of rotatable bonds is 6. The van der Waals surface area contributed by atoms with E-state index >= 15 is 0 Å². The highest BCUT2D eigenvalue weighted by Crippen LogP contribution is 2.09. The van der Waals surface area contributed by atoms with E-state index in [9.17, 15) is 0 Å². The predicted molar refractivity (Wildman–Crippen MR) is 62.8 cm³/mol. The fourth-order valence-electron chi connectivity index (χ4n) is 1.19. The van der Waals surface area contributed by atoms with Crippen molar-refractivity contribution >= 4 is 15.9 Å². The second-order valence-electron chi connectivity index (χ2n) is 3.24. The molecule has 0 bridgehead atoms. The van der Waals surface area contributed by atoms with Gasteiger partial charge in [-0.3, -0.25) is 0 Å². The van der Waals surface area contributed by atoms with E-state index in [-0.39, 0.29) is 0 Å². The molecule has 0 aliphatic heterocycles. The molecule has 3 heteroatoms. The van der Waals surface area contributed by atoms with E-state index in [0.717, 1.165) is 18.4 Å². The van der Waals surface area contributed by atoms with Crippen molar-refractivity contribution in [2.75, 3.05) is 11.9 Å². The minimum atomic E-state index is 0.327. The van der Waals surface area contributed by atoms with Crippen LogP contribution in [0.1, 0.15) is 18.4 Å². The Labute approximate surface area is 93.5 Å². The summed E-state index contributed by atoms with van der Waals surface area (Å²) >= 11 is 3.40. The molecule has 0 radical (unpaired) electrons. The van der Waals surface area contributed by atoms with Crippen LogP contribution >= 0.6 is 15.9 Å². The Morgan fingerprint density at radius 1 is 1.14 bits per heavy atom. The molecule has 0 spiro atoms. The summed E-state index contributed by atoms with van der Waals surface area (Å²) in [4.78, 5) is 0. The normalized spacial score (nSPS) is 10.4. The molecule has 78 valence electrons. The Kier molecular flexibility index (Phi) is 5.64. The Balaban J connectivity index is 2.15. The second kappa shape index (κ2) is 6.85. The summed E-state index contributed by atoms with van der Waals surface area (Å²) in [7, 11) is 0. The number of halogens is 1. The zero-order valence-electron chi connectivity index (χ0n) is 8.17. The van der Waals surface area contributed by atoms with Gasteiger partial charge >= 0.3 is 0 Å². The zero-order valence-corrected chi connectivity index (χ0v) is 9.76. The maximum atomic E-state index is 9.07. The fourth-order valence-corrected chi connectivity index (χ4v) is 1.59. The number of unbranched alkanes of at least 4 members (excludes halogenated alkanes) is 1. The average molecular weight is 258 g/mol. The monoisotopic (exact) mass is 257 g/mol. The van der Waals surface area contributed by atoms with Crippen LogP contribution in [-0.4, -0.2) is 17.0 Å². The molecule has 0 aromatic heterocycles. The molecule has 0 aliphatic carbocycles. The van der Waals surface area contributed by atoms with Crippen molar-refractivity contribution in [2.45, 2.75) is 19.4 Å². The third kappa shape index (κ3) is 4.63. The number of phenols is 1. The molecule has 1 aromatic rings. The molecular weight excluding hydrogens is 242 g/mol. The van der Waals surface area contributed by atoms with Gasteiger partial charge in [0.15, 0.2) is 0 Å². The third-order valence-corrected chi connectivity index (χ3v) is 2.56. The molecule has 0 atom stereocenters. The van der Waals surface area contributed by atoms with Crippen LogP contribution in [-0.2, 0) is 6.54 Å². The van der Waals surface area contributed by atoms with Crippen LogP contribution in [0.15, 0.2) is 24.3 Å². The Bertz CT molecular complexity index is 248. The molecule has 2 N–H and O–H groups in total. The quantitative estimate of drug-likeness (QED) is 0.607. The zero-order chi connectivity index (χ0) is 10.2. The molecule has 0 unspecified atom stereocenters. The highest BCUT2D eigenvalue weighted by Gasteiger charge is 1.92. The molecule has 0 saturated heterocycles. The van der Waals surface area contributed by atoms with Crippen molar-refractivity contribution in [3.63, 3.8) is 0 Å². The van der Waals surface area contributed by atoms with Crippen molar-refractivity contribution in [2.24, 2.45) is 0 Å². The highest BCUT2D eigenvalue weighted by atomic mass is 79.9. The number of aromatic hydroxyl groups is 1. The summed E-state index contributed by atoms with van der Waals surface area (Å²) in [5.74, 6) is 0.327. The number of phenolic OH excluding ortho intramolecular Hbond substituents is 1. The van der Waals surface area contributed by atoms with Crippen molar-refractivity contribution in [3.8, 4) is 5.75 Å². The Morgan fingerprint density at radius 3 is 2.50 bits per heavy atom. The van der Waals surface area contributed by atoms with Crippen LogP contribution in [0, 0.1) is 0 Å². The molecule has 0 saturated carbocycles. The predicted octanol–water partition coefficient (Wildman–Crippen LogP) is 2.66. The van der Waals surface area contributed by atoms with Gasteiger partial charge < -0.3 is 10.4 Å². The van der Waals surface area contributed by atoms with Crippen LogP contribution in [0.4, 0.5) is 0 Å². The summed E-state index contributed by atoms with van der Waals surface area (Å²) in [5.41, 5.74) is 1.21. The van der Waals surface area contributed by atoms with Crippen molar-refractivity contribution in [1.29, 1.82) is 0 Å². The maximum Gasteiger partial charge on any atom is 0.115 e. The van der Waals surface area contributed by atoms with E-state index in [0.29, 0.717) is 5.75 Å². The maximum absolute atomic E-state index is 9.07. The lowest BCUT2D eigenvalue weighted by Crippen LogP contribution is -2.14. The summed E-state index contributed by atoms with van der Waals surface area (Å²) < 4.78 is 0. The molecule has 0 aliphatic rings. The van der Waals surface area contributed by atoms with Crippen molar-refractivity contribution in [1.82, 2.24) is 5.32 Å². The topological polar surface area (TPSA) is 32.3 Å². The number of hydrogen-bond donors (Lipinski definition) is 2. The summed E-state index contributed by atoms with van der Waals surface area (Å²) in [6.45, 7) is 1.93. The first kappa shape index (κ1) is 11.5. The lowest BCUT2D eigenvalue weighted by molar-refractivity contribution is 0.475. The highest BCUT2D eigenvalue weighted by molar-refractivity contribution is 9.09. The lowest BCUT2D eigenvalue weighted by Gasteiger charge is -2.04. The molecular formula is C11H16BrNO. The van der Waals surface area contributed by atoms with E-state index in [1.807, 2.05) is 12.1 Å². The first-order valence-corrected chi connectivity index (χ1v) is 5.99. The van der Waals surface area contributed by atoms with E-state index in [1.54, 1.807) is 12.1 Å². The van der Waals surface area contributed by atoms with Gasteiger partial charge in [0, 0.05) is 11.9 Å². The smallest absolute Gasteiger partial charge is 0.115 e. The van der Waals surface area contributed by atoms with Crippen LogP contribution in [0.3, 0.4) is 0 Å². The van der Waals surface area contributed by atoms with Crippen LogP contribution in [0.5, 0.6) is 5.75 Å². The second-order valence-corrected chi connectivity index (χ2v) is 4.03. The van der Waals surface area contributed by atoms with Crippen molar-refractivity contribution in [3.05, 3.63) is 29.8 Å². The SMILES string of the molecule is Oc1ccc(CNCCCCBr)cc1. The fraction of sp³-hybridized carbons (Fsp3) is 0.455. The number of alkyl halides is 1. The molecule has 0 heterocycles. The third-order valence-electron chi connectivity index (χ3n) is 2.00. The summed E-state index contributed by atoms with van der Waals surface area (Å²) in [6, 6.07) is 7.31. The van der Waals surface area contributed by atoms with Crippen LogP contribution < -0.4 is 5.32 Å². The van der Waals surface area contributed by atoms with Gasteiger partial charge in [0.2, 0.25) is 0 Å². The number of nitrogens with one attached hydrogen (secondary N) is 1. The van der Waals surface area contributed by atoms with Crippen LogP contribution in [0.25, 0.3) is 0 Å². The first-order chi connectivity index (χ1) is 6.83. The largest absolute Gasteiger partial charge is 0.508 e. The van der Waals surface area contributed by atoms with E-state index in [2.05, 4.69) is 21.2 Å². The molecule has 1 aromatic carbocycles. The van der Waals surface area contributed by atoms with Gasteiger partial charge in [0.25, 0.3) is 0 Å². The molecule has 0 amide bonds. The molecule has 0 fully saturated rings. The van der Waals surface area contributed by atoms with E-state index < -0.39 is 0 Å². The minimum absolute atomic E-state index is 0.327. The first-order valence-electron chi connectivity index (χ1n) is 4.87. The average Bonchev–Trinajstić information content (AvgIpc) is 2.21. The van der Waals surface area contributed by atoms with Crippen molar-refractivity contribution < 1.29 is 5.11 Å². The molecule has 2 nitrogen and oxygen atoms in total. The Morgan fingerprint density at radius 2 is 1.86 bits per heavy atom. The number of benzene rings is 1. The summed E-state index contributed by atoms with van der Waals surface area (Å²) in [6.07, 6.45) is 2.41. The van der Waals surface area contributed by atoms with Gasteiger partial charge in [0.1, 0.15) is 5.75 Å². The lowest BCUT2D eigenvalue weighted by atomic mass is 10.2. The van der Waals surface area contributed by atoms with Crippen LogP contribution in [0.2, 0.25) is 0 Å². The van der Waals surface area contributed by atoms with Gasteiger partial charge in [-0.15, -0.1) is 0 Å². The Hall–Kier alpha value is -0.540. The minimum Gasteiger partial charge on any atom is -0.508 e.